The second kappa shape index (κ2) is 7.08. The van der Waals surface area contributed by atoms with E-state index in [1.807, 2.05) is 42.5 Å². The normalized spacial score (nSPS) is 12.4. The Kier molecular flexibility index (Phi) is 4.70. The van der Waals surface area contributed by atoms with Crippen molar-refractivity contribution < 1.29 is 23.7 Å². The van der Waals surface area contributed by atoms with Crippen LogP contribution in [0.15, 0.2) is 42.5 Å². The molecule has 0 spiro atoms. The first-order valence-electron chi connectivity index (χ1n) is 7.57. The van der Waals surface area contributed by atoms with E-state index >= 15 is 0 Å². The Hall–Kier alpha value is -2.95. The van der Waals surface area contributed by atoms with Crippen molar-refractivity contribution in [3.05, 3.63) is 53.6 Å². The molecule has 0 radical (unpaired) electrons. The summed E-state index contributed by atoms with van der Waals surface area (Å²) in [7, 11) is 1.64. The molecule has 24 heavy (non-hydrogen) atoms. The van der Waals surface area contributed by atoms with Gasteiger partial charge in [-0.1, -0.05) is 24.3 Å². The van der Waals surface area contributed by atoms with E-state index in [9.17, 15) is 4.79 Å². The monoisotopic (exact) mass is 326 g/mol. The molecule has 0 atom stereocenters. The number of carbonyl (C=O) groups is 1. The van der Waals surface area contributed by atoms with Gasteiger partial charge in [0.1, 0.15) is 11.5 Å². The quantitative estimate of drug-likeness (QED) is 0.621. The predicted molar refractivity (Wildman–Crippen MR) is 89.6 cm³/mol. The van der Waals surface area contributed by atoms with Crippen LogP contribution in [0.1, 0.15) is 18.1 Å². The number of hydrogen-bond acceptors (Lipinski definition) is 5. The van der Waals surface area contributed by atoms with Crippen LogP contribution in [-0.4, -0.2) is 19.9 Å². The second-order valence-corrected chi connectivity index (χ2v) is 5.29. The Morgan fingerprint density at radius 2 is 1.88 bits per heavy atom. The van der Waals surface area contributed by atoms with Gasteiger partial charge in [0.25, 0.3) is 0 Å². The van der Waals surface area contributed by atoms with Crippen molar-refractivity contribution in [1.82, 2.24) is 0 Å². The second-order valence-electron chi connectivity index (χ2n) is 5.29. The summed E-state index contributed by atoms with van der Waals surface area (Å²) in [4.78, 5) is 11.3. The van der Waals surface area contributed by atoms with Crippen LogP contribution in [0.25, 0.3) is 6.08 Å². The number of carbonyl (C=O) groups excluding carboxylic acids is 1. The standard InChI is InChI=1S/C19H18O5/c1-13(20)24-17-11-19-18(22-12-23-19)10-15(17)5-3-4-14-6-8-16(21-2)9-7-14/h3-4,6-11H,5,12H2,1-2H3/b4-3+. The highest BCUT2D eigenvalue weighted by molar-refractivity contribution is 5.70. The summed E-state index contributed by atoms with van der Waals surface area (Å²) in [6.07, 6.45) is 4.61. The number of allylic oxidation sites excluding steroid dienone is 1. The minimum Gasteiger partial charge on any atom is -0.497 e. The van der Waals surface area contributed by atoms with Crippen molar-refractivity contribution in [3.63, 3.8) is 0 Å². The van der Waals surface area contributed by atoms with Crippen LogP contribution in [-0.2, 0) is 11.2 Å². The van der Waals surface area contributed by atoms with Gasteiger partial charge in [-0.25, -0.2) is 0 Å². The number of methoxy groups -OCH3 is 1. The summed E-state index contributed by atoms with van der Waals surface area (Å²) in [6, 6.07) is 11.3. The molecule has 0 bridgehead atoms. The molecule has 0 aromatic heterocycles. The number of fused-ring (bicyclic) bond motifs is 1. The van der Waals surface area contributed by atoms with E-state index in [1.54, 1.807) is 13.2 Å². The van der Waals surface area contributed by atoms with E-state index in [-0.39, 0.29) is 12.8 Å². The van der Waals surface area contributed by atoms with Gasteiger partial charge in [-0.3, -0.25) is 4.79 Å². The number of hydrogen-bond donors (Lipinski definition) is 0. The molecule has 0 fully saturated rings. The van der Waals surface area contributed by atoms with Gasteiger partial charge in [0, 0.05) is 18.6 Å². The highest BCUT2D eigenvalue weighted by atomic mass is 16.7. The Balaban J connectivity index is 1.77. The zero-order valence-corrected chi connectivity index (χ0v) is 13.6. The Morgan fingerprint density at radius 1 is 1.17 bits per heavy atom. The van der Waals surface area contributed by atoms with Crippen LogP contribution in [0.2, 0.25) is 0 Å². The number of ether oxygens (including phenoxy) is 4. The van der Waals surface area contributed by atoms with Crippen LogP contribution in [0.4, 0.5) is 0 Å². The molecule has 5 nitrogen and oxygen atoms in total. The van der Waals surface area contributed by atoms with Gasteiger partial charge in [-0.05, 0) is 30.2 Å². The minimum atomic E-state index is -0.366. The van der Waals surface area contributed by atoms with Gasteiger partial charge in [0.15, 0.2) is 11.5 Å². The molecule has 0 saturated heterocycles. The van der Waals surface area contributed by atoms with Crippen LogP contribution in [0.3, 0.4) is 0 Å². The van der Waals surface area contributed by atoms with Crippen molar-refractivity contribution in [1.29, 1.82) is 0 Å². The molecular weight excluding hydrogens is 308 g/mol. The topological polar surface area (TPSA) is 54.0 Å². The molecule has 124 valence electrons. The first kappa shape index (κ1) is 15.9. The largest absolute Gasteiger partial charge is 0.497 e. The van der Waals surface area contributed by atoms with Crippen molar-refractivity contribution in [3.8, 4) is 23.0 Å². The fourth-order valence-electron chi connectivity index (χ4n) is 2.41. The smallest absolute Gasteiger partial charge is 0.308 e. The van der Waals surface area contributed by atoms with E-state index in [0.717, 1.165) is 16.9 Å². The summed E-state index contributed by atoms with van der Waals surface area (Å²) >= 11 is 0. The van der Waals surface area contributed by atoms with Gasteiger partial charge >= 0.3 is 5.97 Å². The SMILES string of the molecule is COc1ccc(/C=C/Cc2cc3c(cc2OC(C)=O)OCO3)cc1. The Labute approximate surface area is 140 Å². The molecule has 2 aromatic carbocycles. The molecule has 1 aliphatic rings. The van der Waals surface area contributed by atoms with Crippen LogP contribution in [0, 0.1) is 0 Å². The van der Waals surface area contributed by atoms with Crippen LogP contribution in [0.5, 0.6) is 23.0 Å². The van der Waals surface area contributed by atoms with Gasteiger partial charge in [-0.15, -0.1) is 0 Å². The number of esters is 1. The first-order chi connectivity index (χ1) is 11.7. The van der Waals surface area contributed by atoms with E-state index in [0.29, 0.717) is 23.7 Å². The minimum absolute atomic E-state index is 0.181. The first-order valence-corrected chi connectivity index (χ1v) is 7.57. The lowest BCUT2D eigenvalue weighted by Crippen LogP contribution is -2.03. The molecule has 0 unspecified atom stereocenters. The number of benzene rings is 2. The number of rotatable bonds is 5. The predicted octanol–water partition coefficient (Wildman–Crippen LogP) is 3.61. The average molecular weight is 326 g/mol. The fraction of sp³-hybridized carbons (Fsp3) is 0.211. The van der Waals surface area contributed by atoms with Crippen molar-refractivity contribution >= 4 is 12.0 Å². The summed E-state index contributed by atoms with van der Waals surface area (Å²) < 4.78 is 21.1. The summed E-state index contributed by atoms with van der Waals surface area (Å²) in [5.41, 5.74) is 1.92. The molecule has 3 rings (SSSR count). The van der Waals surface area contributed by atoms with Gasteiger partial charge < -0.3 is 18.9 Å². The van der Waals surface area contributed by atoms with E-state index < -0.39 is 0 Å². The average Bonchev–Trinajstić information content (AvgIpc) is 3.02. The Bertz CT molecular complexity index is 762. The van der Waals surface area contributed by atoms with E-state index in [1.165, 1.54) is 6.92 Å². The molecule has 5 heteroatoms. The van der Waals surface area contributed by atoms with Crippen molar-refractivity contribution in [2.45, 2.75) is 13.3 Å². The maximum absolute atomic E-state index is 11.3. The summed E-state index contributed by atoms with van der Waals surface area (Å²) in [5, 5.41) is 0. The molecule has 0 amide bonds. The third-order valence-electron chi connectivity index (χ3n) is 3.57. The molecule has 0 aliphatic carbocycles. The lowest BCUT2D eigenvalue weighted by molar-refractivity contribution is -0.131. The third-order valence-corrected chi connectivity index (χ3v) is 3.57. The highest BCUT2D eigenvalue weighted by Crippen LogP contribution is 2.38. The maximum atomic E-state index is 11.3. The summed E-state index contributed by atoms with van der Waals surface area (Å²) in [5.74, 6) is 2.20. The van der Waals surface area contributed by atoms with Gasteiger partial charge in [-0.2, -0.15) is 0 Å². The molecule has 0 N–H and O–H groups in total. The lowest BCUT2D eigenvalue weighted by Gasteiger charge is -2.09. The van der Waals surface area contributed by atoms with E-state index in [4.69, 9.17) is 18.9 Å². The zero-order valence-electron chi connectivity index (χ0n) is 13.6. The maximum Gasteiger partial charge on any atom is 0.308 e. The molecule has 2 aromatic rings. The van der Waals surface area contributed by atoms with Gasteiger partial charge in [0.2, 0.25) is 6.79 Å². The summed E-state index contributed by atoms with van der Waals surface area (Å²) in [6.45, 7) is 1.56. The highest BCUT2D eigenvalue weighted by Gasteiger charge is 2.18. The Morgan fingerprint density at radius 3 is 2.54 bits per heavy atom. The molecule has 0 saturated carbocycles. The van der Waals surface area contributed by atoms with Crippen LogP contribution >= 0.6 is 0 Å². The van der Waals surface area contributed by atoms with Gasteiger partial charge in [0.05, 0.1) is 7.11 Å². The molecule has 1 heterocycles. The lowest BCUT2D eigenvalue weighted by atomic mass is 10.1. The van der Waals surface area contributed by atoms with Crippen LogP contribution < -0.4 is 18.9 Å². The van der Waals surface area contributed by atoms with Crippen molar-refractivity contribution in [2.24, 2.45) is 0 Å². The zero-order chi connectivity index (χ0) is 16.9. The van der Waals surface area contributed by atoms with Crippen molar-refractivity contribution in [2.75, 3.05) is 13.9 Å². The fourth-order valence-corrected chi connectivity index (χ4v) is 2.41. The molecule has 1 aliphatic heterocycles. The van der Waals surface area contributed by atoms with E-state index in [2.05, 4.69) is 0 Å². The third kappa shape index (κ3) is 3.68. The molecular formula is C19H18O5.